The minimum atomic E-state index is -0.276. The Bertz CT molecular complexity index is 589. The lowest BCUT2D eigenvalue weighted by Gasteiger charge is -2.09. The second-order valence-corrected chi connectivity index (χ2v) is 5.09. The standard InChI is InChI=1S/C16H18N2O3/c19-16(14-7-4-10-20-14)17-9-8-13-11-15(21-18-13)12-5-2-1-3-6-12/h1-3,5-6,11,14H,4,7-10H2,(H,17,19). The van der Waals surface area contributed by atoms with Crippen LogP contribution in [0.3, 0.4) is 0 Å². The van der Waals surface area contributed by atoms with Gasteiger partial charge in [-0.2, -0.15) is 0 Å². The Balaban J connectivity index is 1.50. The molecule has 1 aromatic carbocycles. The summed E-state index contributed by atoms with van der Waals surface area (Å²) in [6, 6.07) is 11.7. The number of rotatable bonds is 5. The predicted molar refractivity (Wildman–Crippen MR) is 77.6 cm³/mol. The first kappa shape index (κ1) is 13.8. The van der Waals surface area contributed by atoms with Gasteiger partial charge in [0.25, 0.3) is 0 Å². The average molecular weight is 286 g/mol. The molecule has 2 heterocycles. The van der Waals surface area contributed by atoms with E-state index in [0.29, 0.717) is 19.6 Å². The van der Waals surface area contributed by atoms with Crippen LogP contribution in [0.2, 0.25) is 0 Å². The van der Waals surface area contributed by atoms with Crippen LogP contribution in [-0.2, 0) is 16.0 Å². The first-order valence-electron chi connectivity index (χ1n) is 7.23. The van der Waals surface area contributed by atoms with Gasteiger partial charge in [0.05, 0.1) is 5.69 Å². The molecule has 5 heteroatoms. The molecular weight excluding hydrogens is 268 g/mol. The van der Waals surface area contributed by atoms with Crippen molar-refractivity contribution in [2.75, 3.05) is 13.2 Å². The van der Waals surface area contributed by atoms with Gasteiger partial charge in [-0.3, -0.25) is 4.79 Å². The molecule has 1 fully saturated rings. The maximum absolute atomic E-state index is 11.8. The van der Waals surface area contributed by atoms with E-state index in [1.54, 1.807) is 0 Å². The minimum Gasteiger partial charge on any atom is -0.368 e. The van der Waals surface area contributed by atoms with Crippen molar-refractivity contribution in [1.82, 2.24) is 10.5 Å². The number of benzene rings is 1. The number of nitrogens with one attached hydrogen (secondary N) is 1. The Hall–Kier alpha value is -2.14. The van der Waals surface area contributed by atoms with Crippen LogP contribution in [0.1, 0.15) is 18.5 Å². The Morgan fingerprint density at radius 3 is 2.95 bits per heavy atom. The molecule has 0 spiro atoms. The normalized spacial score (nSPS) is 17.8. The number of hydrogen-bond donors (Lipinski definition) is 1. The third-order valence-electron chi connectivity index (χ3n) is 3.52. The van der Waals surface area contributed by atoms with E-state index in [1.807, 2.05) is 36.4 Å². The smallest absolute Gasteiger partial charge is 0.249 e. The van der Waals surface area contributed by atoms with Crippen molar-refractivity contribution in [3.05, 3.63) is 42.1 Å². The number of aromatic nitrogens is 1. The zero-order valence-electron chi connectivity index (χ0n) is 11.7. The summed E-state index contributed by atoms with van der Waals surface area (Å²) in [6.07, 6.45) is 2.15. The maximum Gasteiger partial charge on any atom is 0.249 e. The first-order chi connectivity index (χ1) is 10.3. The summed E-state index contributed by atoms with van der Waals surface area (Å²) >= 11 is 0. The summed E-state index contributed by atoms with van der Waals surface area (Å²) in [4.78, 5) is 11.8. The van der Waals surface area contributed by atoms with E-state index in [1.165, 1.54) is 0 Å². The summed E-state index contributed by atoms with van der Waals surface area (Å²) in [5.41, 5.74) is 1.83. The highest BCUT2D eigenvalue weighted by atomic mass is 16.5. The molecule has 1 aliphatic rings. The van der Waals surface area contributed by atoms with Crippen molar-refractivity contribution in [2.45, 2.75) is 25.4 Å². The monoisotopic (exact) mass is 286 g/mol. The van der Waals surface area contributed by atoms with E-state index in [4.69, 9.17) is 9.26 Å². The van der Waals surface area contributed by atoms with Crippen LogP contribution in [-0.4, -0.2) is 30.3 Å². The molecule has 1 N–H and O–H groups in total. The van der Waals surface area contributed by atoms with Crippen LogP contribution in [0, 0.1) is 0 Å². The molecular formula is C16H18N2O3. The van der Waals surface area contributed by atoms with E-state index < -0.39 is 0 Å². The zero-order valence-corrected chi connectivity index (χ0v) is 11.7. The van der Waals surface area contributed by atoms with Crippen molar-refractivity contribution >= 4 is 5.91 Å². The molecule has 21 heavy (non-hydrogen) atoms. The van der Waals surface area contributed by atoms with Gasteiger partial charge in [0.1, 0.15) is 6.10 Å². The Morgan fingerprint density at radius 1 is 1.33 bits per heavy atom. The molecule has 0 bridgehead atoms. The summed E-state index contributed by atoms with van der Waals surface area (Å²) in [6.45, 7) is 1.22. The molecule has 1 atom stereocenters. The maximum atomic E-state index is 11.8. The quantitative estimate of drug-likeness (QED) is 0.915. The van der Waals surface area contributed by atoms with E-state index >= 15 is 0 Å². The minimum absolute atomic E-state index is 0.0284. The zero-order chi connectivity index (χ0) is 14.5. The van der Waals surface area contributed by atoms with Gasteiger partial charge in [-0.15, -0.1) is 0 Å². The van der Waals surface area contributed by atoms with Gasteiger partial charge in [0, 0.05) is 31.2 Å². The van der Waals surface area contributed by atoms with Gasteiger partial charge in [0.2, 0.25) is 5.91 Å². The van der Waals surface area contributed by atoms with E-state index in [2.05, 4.69) is 10.5 Å². The summed E-state index contributed by atoms with van der Waals surface area (Å²) in [5, 5.41) is 6.91. The van der Waals surface area contributed by atoms with Crippen LogP contribution < -0.4 is 5.32 Å². The second kappa shape index (κ2) is 6.54. The molecule has 0 saturated carbocycles. The van der Waals surface area contributed by atoms with Crippen LogP contribution in [0.25, 0.3) is 11.3 Å². The van der Waals surface area contributed by atoms with Gasteiger partial charge < -0.3 is 14.6 Å². The molecule has 0 aliphatic carbocycles. The fraction of sp³-hybridized carbons (Fsp3) is 0.375. The molecule has 2 aromatic rings. The molecule has 1 unspecified atom stereocenters. The summed E-state index contributed by atoms with van der Waals surface area (Å²) in [5.74, 6) is 0.718. The average Bonchev–Trinajstić information content (AvgIpc) is 3.20. The van der Waals surface area contributed by atoms with Crippen LogP contribution >= 0.6 is 0 Å². The number of hydrogen-bond acceptors (Lipinski definition) is 4. The summed E-state index contributed by atoms with van der Waals surface area (Å²) < 4.78 is 10.7. The van der Waals surface area contributed by atoms with Gasteiger partial charge >= 0.3 is 0 Å². The molecule has 110 valence electrons. The van der Waals surface area contributed by atoms with Crippen molar-refractivity contribution in [3.8, 4) is 11.3 Å². The first-order valence-corrected chi connectivity index (χ1v) is 7.23. The lowest BCUT2D eigenvalue weighted by Crippen LogP contribution is -2.35. The number of nitrogens with zero attached hydrogens (tertiary/aromatic N) is 1. The largest absolute Gasteiger partial charge is 0.368 e. The van der Waals surface area contributed by atoms with Gasteiger partial charge in [-0.25, -0.2) is 0 Å². The third kappa shape index (κ3) is 3.49. The van der Waals surface area contributed by atoms with Crippen LogP contribution in [0.4, 0.5) is 0 Å². The van der Waals surface area contributed by atoms with Crippen molar-refractivity contribution in [3.63, 3.8) is 0 Å². The van der Waals surface area contributed by atoms with E-state index in [0.717, 1.165) is 29.9 Å². The molecule has 3 rings (SSSR count). The highest BCUT2D eigenvalue weighted by molar-refractivity contribution is 5.80. The fourth-order valence-corrected chi connectivity index (χ4v) is 2.38. The lowest BCUT2D eigenvalue weighted by molar-refractivity contribution is -0.129. The van der Waals surface area contributed by atoms with Crippen LogP contribution in [0.5, 0.6) is 0 Å². The highest BCUT2D eigenvalue weighted by Crippen LogP contribution is 2.19. The lowest BCUT2D eigenvalue weighted by atomic mass is 10.1. The molecule has 1 aromatic heterocycles. The van der Waals surface area contributed by atoms with E-state index in [9.17, 15) is 4.79 Å². The van der Waals surface area contributed by atoms with Gasteiger partial charge in [-0.1, -0.05) is 35.5 Å². The predicted octanol–water partition coefficient (Wildman–Crippen LogP) is 2.18. The van der Waals surface area contributed by atoms with Crippen molar-refractivity contribution in [2.24, 2.45) is 0 Å². The van der Waals surface area contributed by atoms with Crippen molar-refractivity contribution in [1.29, 1.82) is 0 Å². The molecule has 1 saturated heterocycles. The Morgan fingerprint density at radius 2 is 2.19 bits per heavy atom. The third-order valence-corrected chi connectivity index (χ3v) is 3.52. The molecule has 1 amide bonds. The fourth-order valence-electron chi connectivity index (χ4n) is 2.38. The van der Waals surface area contributed by atoms with Crippen molar-refractivity contribution < 1.29 is 14.1 Å². The number of ether oxygens (including phenoxy) is 1. The SMILES string of the molecule is O=C(NCCc1cc(-c2ccccc2)on1)C1CCCO1. The summed E-state index contributed by atoms with van der Waals surface area (Å²) in [7, 11) is 0. The number of amides is 1. The second-order valence-electron chi connectivity index (χ2n) is 5.09. The molecule has 5 nitrogen and oxygen atoms in total. The van der Waals surface area contributed by atoms with Crippen LogP contribution in [0.15, 0.2) is 40.9 Å². The van der Waals surface area contributed by atoms with E-state index in [-0.39, 0.29) is 12.0 Å². The van der Waals surface area contributed by atoms with Gasteiger partial charge in [-0.05, 0) is 12.8 Å². The molecule has 1 aliphatic heterocycles. The number of carbonyl (C=O) groups excluding carboxylic acids is 1. The van der Waals surface area contributed by atoms with Gasteiger partial charge in [0.15, 0.2) is 5.76 Å². The Labute approximate surface area is 123 Å². The molecule has 0 radical (unpaired) electrons. The highest BCUT2D eigenvalue weighted by Gasteiger charge is 2.22. The number of carbonyl (C=O) groups is 1. The topological polar surface area (TPSA) is 64.4 Å². The Kier molecular flexibility index (Phi) is 4.31.